The third-order valence-corrected chi connectivity index (χ3v) is 3.67. The maximum atomic E-state index is 13.3. The van der Waals surface area contributed by atoms with Gasteiger partial charge in [-0.05, 0) is 25.1 Å². The maximum absolute atomic E-state index is 13.3. The van der Waals surface area contributed by atoms with E-state index in [9.17, 15) is 28.2 Å². The Bertz CT molecular complexity index is 714. The van der Waals surface area contributed by atoms with Crippen molar-refractivity contribution in [3.05, 3.63) is 33.3 Å². The number of fused-ring (bicyclic) bond motifs is 1. The van der Waals surface area contributed by atoms with Gasteiger partial charge in [0.25, 0.3) is 0 Å². The van der Waals surface area contributed by atoms with E-state index >= 15 is 0 Å². The predicted octanol–water partition coefficient (Wildman–Crippen LogP) is 1.70. The van der Waals surface area contributed by atoms with E-state index in [4.69, 9.17) is 4.74 Å². The third kappa shape index (κ3) is 4.30. The lowest BCUT2D eigenvalue weighted by molar-refractivity contribution is -0.192. The zero-order valence-corrected chi connectivity index (χ0v) is 14.2. The maximum Gasteiger partial charge on any atom is 0.430 e. The highest BCUT2D eigenvalue weighted by atomic mass is 79.9. The van der Waals surface area contributed by atoms with Gasteiger partial charge in [-0.2, -0.15) is 13.2 Å². The van der Waals surface area contributed by atoms with Crippen molar-refractivity contribution in [1.29, 1.82) is 0 Å². The van der Waals surface area contributed by atoms with Crippen LogP contribution in [-0.4, -0.2) is 35.3 Å². The number of halogens is 4. The van der Waals surface area contributed by atoms with Crippen molar-refractivity contribution < 1.29 is 42.5 Å². The molecule has 11 heteroatoms. The summed E-state index contributed by atoms with van der Waals surface area (Å²) in [4.78, 5) is 15.9. The van der Waals surface area contributed by atoms with Crippen molar-refractivity contribution in [2.75, 3.05) is 6.79 Å². The van der Waals surface area contributed by atoms with Gasteiger partial charge in [0.1, 0.15) is 5.75 Å². The highest BCUT2D eigenvalue weighted by Crippen LogP contribution is 2.43. The Labute approximate surface area is 147 Å². The summed E-state index contributed by atoms with van der Waals surface area (Å²) in [5.74, 6) is 0.460. The second kappa shape index (κ2) is 6.92. The van der Waals surface area contributed by atoms with Crippen LogP contribution in [0.5, 0.6) is 5.75 Å². The Morgan fingerprint density at radius 2 is 2.04 bits per heavy atom. The molecular weight excluding hydrogens is 415 g/mol. The van der Waals surface area contributed by atoms with Crippen LogP contribution in [0, 0.1) is 0 Å². The van der Waals surface area contributed by atoms with Crippen LogP contribution in [0.2, 0.25) is 0 Å². The number of nitrogens with two attached hydrogens (primary N) is 1. The van der Waals surface area contributed by atoms with Gasteiger partial charge in [-0.25, -0.2) is 10.7 Å². The Balaban J connectivity index is 2.61. The Hall–Kier alpha value is -1.66. The van der Waals surface area contributed by atoms with Gasteiger partial charge in [0, 0.05) is 10.0 Å². The van der Waals surface area contributed by atoms with Crippen LogP contribution in [-0.2, 0) is 20.2 Å². The fourth-order valence-electron chi connectivity index (χ4n) is 2.21. The molecule has 0 saturated heterocycles. The van der Waals surface area contributed by atoms with Crippen molar-refractivity contribution in [2.24, 2.45) is 5.90 Å². The molecule has 0 radical (unpaired) electrons. The average Bonchev–Trinajstić information content (AvgIpc) is 2.48. The summed E-state index contributed by atoms with van der Waals surface area (Å²) in [5.41, 5.74) is -1.11. The van der Waals surface area contributed by atoms with Gasteiger partial charge < -0.3 is 19.7 Å². The van der Waals surface area contributed by atoms with Crippen molar-refractivity contribution in [1.82, 2.24) is 0 Å². The van der Waals surface area contributed by atoms with Gasteiger partial charge in [0.05, 0.1) is 11.1 Å². The normalized spacial score (nSPS) is 17.4. The quantitative estimate of drug-likeness (QED) is 0.381. The number of esters is 1. The number of hydrogen-bond donors (Lipinski definition) is 3. The number of benzene rings is 1. The molecular formula is C14H13BrF3NO6. The molecule has 2 rings (SSSR count). The fraction of sp³-hybridized carbons (Fsp3) is 0.357. The van der Waals surface area contributed by atoms with Gasteiger partial charge in [0.15, 0.2) is 5.79 Å². The van der Waals surface area contributed by atoms with Crippen molar-refractivity contribution in [3.63, 3.8) is 0 Å². The summed E-state index contributed by atoms with van der Waals surface area (Å²) < 4.78 is 49.6. The molecule has 1 unspecified atom stereocenters. The van der Waals surface area contributed by atoms with E-state index < -0.39 is 42.2 Å². The molecule has 1 aliphatic rings. The van der Waals surface area contributed by atoms with Crippen LogP contribution in [0.4, 0.5) is 13.2 Å². The number of ether oxygens (including phenoxy) is 2. The van der Waals surface area contributed by atoms with Crippen LogP contribution >= 0.6 is 15.9 Å². The zero-order chi connectivity index (χ0) is 19.0. The summed E-state index contributed by atoms with van der Waals surface area (Å²) in [6, 6.07) is 2.55. The van der Waals surface area contributed by atoms with Gasteiger partial charge in [-0.1, -0.05) is 15.9 Å². The standard InChI is InChI=1S/C14H13BrF3NO6/c1-13(21,22)9-4-7(15)2-6-3-8(12(20)23-5-24-19)11(14(16,17)18)25-10(6)9/h2-4,11,21-22H,5,19H2,1H3. The molecule has 138 valence electrons. The third-order valence-electron chi connectivity index (χ3n) is 3.21. The van der Waals surface area contributed by atoms with Crippen LogP contribution < -0.4 is 10.6 Å². The molecule has 0 bridgehead atoms. The first-order valence-electron chi connectivity index (χ1n) is 6.67. The number of alkyl halides is 3. The van der Waals surface area contributed by atoms with Crippen LogP contribution in [0.25, 0.3) is 6.08 Å². The molecule has 0 amide bonds. The summed E-state index contributed by atoms with van der Waals surface area (Å²) in [6.45, 7) is 0.218. The smallest absolute Gasteiger partial charge is 0.430 e. The monoisotopic (exact) mass is 427 g/mol. The van der Waals surface area contributed by atoms with Crippen LogP contribution in [0.3, 0.4) is 0 Å². The van der Waals surface area contributed by atoms with Gasteiger partial charge >= 0.3 is 12.1 Å². The average molecular weight is 428 g/mol. The predicted molar refractivity (Wildman–Crippen MR) is 80.6 cm³/mol. The highest BCUT2D eigenvalue weighted by Gasteiger charge is 2.49. The first kappa shape index (κ1) is 19.7. The first-order valence-corrected chi connectivity index (χ1v) is 7.47. The fourth-order valence-corrected chi connectivity index (χ4v) is 2.69. The molecule has 1 atom stereocenters. The van der Waals surface area contributed by atoms with Crippen molar-refractivity contribution >= 4 is 28.0 Å². The number of aliphatic hydroxyl groups is 2. The summed E-state index contributed by atoms with van der Waals surface area (Å²) >= 11 is 3.11. The molecule has 0 aromatic heterocycles. The Morgan fingerprint density at radius 1 is 1.40 bits per heavy atom. The Kier molecular flexibility index (Phi) is 5.44. The SMILES string of the molecule is CC(O)(O)c1cc(Br)cc2c1OC(C(F)(F)F)C(C(=O)OCON)=C2. The minimum atomic E-state index is -4.96. The van der Waals surface area contributed by atoms with Crippen molar-refractivity contribution in [3.8, 4) is 5.75 Å². The molecule has 0 spiro atoms. The first-order chi connectivity index (χ1) is 11.4. The molecule has 25 heavy (non-hydrogen) atoms. The van der Waals surface area contributed by atoms with E-state index in [1.807, 2.05) is 0 Å². The lowest BCUT2D eigenvalue weighted by atomic mass is 9.96. The van der Waals surface area contributed by atoms with E-state index in [0.29, 0.717) is 4.47 Å². The minimum absolute atomic E-state index is 0.0276. The molecule has 1 aliphatic heterocycles. The molecule has 1 aromatic carbocycles. The molecule has 7 nitrogen and oxygen atoms in total. The second-order valence-electron chi connectivity index (χ2n) is 5.25. The number of carbonyl (C=O) groups excluding carboxylic acids is 1. The molecule has 0 aliphatic carbocycles. The van der Waals surface area contributed by atoms with Crippen LogP contribution in [0.1, 0.15) is 18.1 Å². The molecule has 0 saturated carbocycles. The number of hydrogen-bond acceptors (Lipinski definition) is 7. The molecule has 1 heterocycles. The largest absolute Gasteiger partial charge is 0.475 e. The minimum Gasteiger partial charge on any atom is -0.475 e. The van der Waals surface area contributed by atoms with E-state index in [-0.39, 0.29) is 11.1 Å². The van der Waals surface area contributed by atoms with E-state index in [0.717, 1.165) is 13.0 Å². The molecule has 4 N–H and O–H groups in total. The number of rotatable bonds is 4. The summed E-state index contributed by atoms with van der Waals surface area (Å²) in [6.07, 6.45) is -6.72. The van der Waals surface area contributed by atoms with Crippen LogP contribution in [0.15, 0.2) is 22.2 Å². The lowest BCUT2D eigenvalue weighted by Crippen LogP contribution is -2.41. The second-order valence-corrected chi connectivity index (χ2v) is 6.16. The Morgan fingerprint density at radius 3 is 2.56 bits per heavy atom. The summed E-state index contributed by atoms with van der Waals surface area (Å²) in [5, 5.41) is 19.6. The van der Waals surface area contributed by atoms with E-state index in [1.54, 1.807) is 0 Å². The van der Waals surface area contributed by atoms with Gasteiger partial charge in [0.2, 0.25) is 12.9 Å². The number of carbonyl (C=O) groups is 1. The lowest BCUT2D eigenvalue weighted by Gasteiger charge is -2.31. The van der Waals surface area contributed by atoms with Crippen molar-refractivity contribution in [2.45, 2.75) is 25.0 Å². The zero-order valence-electron chi connectivity index (χ0n) is 12.6. The van der Waals surface area contributed by atoms with Gasteiger partial charge in [-0.3, -0.25) is 4.84 Å². The van der Waals surface area contributed by atoms with E-state index in [1.165, 1.54) is 12.1 Å². The molecule has 0 fully saturated rings. The topological polar surface area (TPSA) is 111 Å². The van der Waals surface area contributed by atoms with E-state index in [2.05, 4.69) is 31.4 Å². The van der Waals surface area contributed by atoms with Gasteiger partial charge in [-0.15, -0.1) is 0 Å². The summed E-state index contributed by atoms with van der Waals surface area (Å²) in [7, 11) is 0. The highest BCUT2D eigenvalue weighted by molar-refractivity contribution is 9.10. The molecule has 1 aromatic rings.